The second-order valence-corrected chi connectivity index (χ2v) is 6.00. The summed E-state index contributed by atoms with van der Waals surface area (Å²) in [7, 11) is 3.36. The van der Waals surface area contributed by atoms with Gasteiger partial charge in [-0.15, -0.1) is 12.4 Å². The molecule has 6 nitrogen and oxygen atoms in total. The number of amides is 1. The van der Waals surface area contributed by atoms with Crippen LogP contribution in [0.2, 0.25) is 0 Å². The first-order valence-electron chi connectivity index (χ1n) is 7.97. The van der Waals surface area contributed by atoms with Crippen molar-refractivity contribution in [1.29, 1.82) is 0 Å². The van der Waals surface area contributed by atoms with Crippen molar-refractivity contribution in [1.82, 2.24) is 4.90 Å². The van der Waals surface area contributed by atoms with E-state index in [0.29, 0.717) is 43.9 Å². The van der Waals surface area contributed by atoms with E-state index in [-0.39, 0.29) is 30.3 Å². The summed E-state index contributed by atoms with van der Waals surface area (Å²) in [6, 6.07) is 7.11. The zero-order chi connectivity index (χ0) is 16.8. The number of rotatable bonds is 6. The second-order valence-electron chi connectivity index (χ2n) is 6.00. The Morgan fingerprint density at radius 1 is 1.33 bits per heavy atom. The summed E-state index contributed by atoms with van der Waals surface area (Å²) in [6.45, 7) is 0.884. The number of carbonyl (C=O) groups is 1. The Morgan fingerprint density at radius 2 is 2.00 bits per heavy atom. The average molecular weight is 359 g/mol. The summed E-state index contributed by atoms with van der Waals surface area (Å²) in [5.74, 6) is 1.30. The zero-order valence-electron chi connectivity index (χ0n) is 14.2. The number of methoxy groups -OCH3 is 1. The number of benzene rings is 1. The molecule has 3 atom stereocenters. The number of nitrogens with zero attached hydrogens (tertiary/aromatic N) is 1. The molecular formula is C17H27ClN2O4. The Labute approximate surface area is 149 Å². The maximum Gasteiger partial charge on any atom is 0.225 e. The molecule has 1 aliphatic rings. The molecular weight excluding hydrogens is 332 g/mol. The third-order valence-corrected chi connectivity index (χ3v) is 4.34. The fraction of sp³-hybridized carbons (Fsp3) is 0.588. The second kappa shape index (κ2) is 9.71. The number of aliphatic hydroxyl groups excluding tert-OH is 1. The van der Waals surface area contributed by atoms with E-state index in [0.717, 1.165) is 0 Å². The first-order chi connectivity index (χ1) is 11.0. The van der Waals surface area contributed by atoms with Gasteiger partial charge in [-0.05, 0) is 31.4 Å². The van der Waals surface area contributed by atoms with Gasteiger partial charge < -0.3 is 25.2 Å². The monoisotopic (exact) mass is 358 g/mol. The van der Waals surface area contributed by atoms with Crippen molar-refractivity contribution in [2.45, 2.75) is 31.4 Å². The standard InChI is InChI=1S/C17H26N2O4.ClH/c1-19(17(21)12-7-8-14(20)13(18)11-12)9-10-23-16-6-4-3-5-15(16)22-2;/h3-6,12-14,20H,7-11,18H2,1-2H3;1H/t12-,13+,14+;/m0./s1. The minimum atomic E-state index is -0.488. The van der Waals surface area contributed by atoms with Crippen molar-refractivity contribution < 1.29 is 19.4 Å². The molecule has 0 saturated heterocycles. The van der Waals surface area contributed by atoms with Crippen LogP contribution in [0.4, 0.5) is 0 Å². The van der Waals surface area contributed by atoms with E-state index in [1.165, 1.54) is 0 Å². The van der Waals surface area contributed by atoms with Gasteiger partial charge in [0.15, 0.2) is 11.5 Å². The molecule has 0 heterocycles. The Balaban J connectivity index is 0.00000288. The highest BCUT2D eigenvalue weighted by Gasteiger charge is 2.32. The molecule has 24 heavy (non-hydrogen) atoms. The molecule has 1 aromatic carbocycles. The molecule has 2 rings (SSSR count). The van der Waals surface area contributed by atoms with E-state index >= 15 is 0 Å². The van der Waals surface area contributed by atoms with Gasteiger partial charge in [-0.25, -0.2) is 0 Å². The van der Waals surface area contributed by atoms with Crippen LogP contribution in [0.3, 0.4) is 0 Å². The SMILES string of the molecule is COc1ccccc1OCCN(C)C(=O)[C@H]1CC[C@@H](O)[C@H](N)C1.Cl. The van der Waals surface area contributed by atoms with Crippen LogP contribution in [0.25, 0.3) is 0 Å². The number of hydrogen-bond donors (Lipinski definition) is 2. The fourth-order valence-electron chi connectivity index (χ4n) is 2.87. The predicted molar refractivity (Wildman–Crippen MR) is 94.7 cm³/mol. The van der Waals surface area contributed by atoms with E-state index < -0.39 is 6.10 Å². The molecule has 7 heteroatoms. The number of ether oxygens (including phenoxy) is 2. The summed E-state index contributed by atoms with van der Waals surface area (Å²) in [4.78, 5) is 14.1. The van der Waals surface area contributed by atoms with Crippen LogP contribution in [-0.2, 0) is 4.79 Å². The fourth-order valence-corrected chi connectivity index (χ4v) is 2.87. The van der Waals surface area contributed by atoms with Gasteiger partial charge >= 0.3 is 0 Å². The lowest BCUT2D eigenvalue weighted by molar-refractivity contribution is -0.136. The summed E-state index contributed by atoms with van der Waals surface area (Å²) in [5, 5.41) is 9.65. The Bertz CT molecular complexity index is 529. The van der Waals surface area contributed by atoms with E-state index in [1.807, 2.05) is 24.3 Å². The Kier molecular flexibility index (Phi) is 8.31. The van der Waals surface area contributed by atoms with Gasteiger partial charge in [0.05, 0.1) is 19.8 Å². The summed E-state index contributed by atoms with van der Waals surface area (Å²) in [6.07, 6.45) is 1.32. The van der Waals surface area contributed by atoms with Gasteiger partial charge in [0.2, 0.25) is 5.91 Å². The highest BCUT2D eigenvalue weighted by atomic mass is 35.5. The molecule has 1 fully saturated rings. The van der Waals surface area contributed by atoms with E-state index in [9.17, 15) is 9.90 Å². The highest BCUT2D eigenvalue weighted by molar-refractivity contribution is 5.85. The van der Waals surface area contributed by atoms with Crippen LogP contribution in [-0.4, -0.2) is 55.4 Å². The predicted octanol–water partition coefficient (Wildman–Crippen LogP) is 1.44. The molecule has 1 amide bonds. The van der Waals surface area contributed by atoms with Crippen molar-refractivity contribution >= 4 is 18.3 Å². The van der Waals surface area contributed by atoms with Gasteiger partial charge in [-0.2, -0.15) is 0 Å². The van der Waals surface area contributed by atoms with Gasteiger partial charge in [0.25, 0.3) is 0 Å². The zero-order valence-corrected chi connectivity index (χ0v) is 15.0. The lowest BCUT2D eigenvalue weighted by Crippen LogP contribution is -2.45. The van der Waals surface area contributed by atoms with Gasteiger partial charge in [0, 0.05) is 19.0 Å². The van der Waals surface area contributed by atoms with Crippen molar-refractivity contribution in [2.75, 3.05) is 27.3 Å². The number of likely N-dealkylation sites (N-methyl/N-ethyl adjacent to an activating group) is 1. The highest BCUT2D eigenvalue weighted by Crippen LogP contribution is 2.26. The van der Waals surface area contributed by atoms with Crippen LogP contribution in [0, 0.1) is 5.92 Å². The smallest absolute Gasteiger partial charge is 0.225 e. The number of aliphatic hydroxyl groups is 1. The Hall–Kier alpha value is -1.50. The molecule has 0 radical (unpaired) electrons. The quantitative estimate of drug-likeness (QED) is 0.803. The van der Waals surface area contributed by atoms with E-state index in [4.69, 9.17) is 15.2 Å². The Morgan fingerprint density at radius 3 is 2.62 bits per heavy atom. The topological polar surface area (TPSA) is 85.0 Å². The lowest BCUT2D eigenvalue weighted by atomic mass is 9.83. The normalized spacial score (nSPS) is 23.1. The molecule has 3 N–H and O–H groups in total. The van der Waals surface area contributed by atoms with Gasteiger partial charge in [-0.1, -0.05) is 12.1 Å². The number of halogens is 1. The maximum absolute atomic E-state index is 12.4. The first kappa shape index (κ1) is 20.5. The van der Waals surface area contributed by atoms with Crippen molar-refractivity contribution in [2.24, 2.45) is 11.7 Å². The average Bonchev–Trinajstić information content (AvgIpc) is 2.57. The van der Waals surface area contributed by atoms with Crippen LogP contribution in [0.1, 0.15) is 19.3 Å². The molecule has 1 aromatic rings. The van der Waals surface area contributed by atoms with Crippen molar-refractivity contribution in [3.05, 3.63) is 24.3 Å². The molecule has 1 saturated carbocycles. The summed E-state index contributed by atoms with van der Waals surface area (Å²) >= 11 is 0. The van der Waals surface area contributed by atoms with E-state index in [1.54, 1.807) is 19.1 Å². The number of para-hydroxylation sites is 2. The maximum atomic E-state index is 12.4. The van der Waals surface area contributed by atoms with Crippen molar-refractivity contribution in [3.8, 4) is 11.5 Å². The number of carbonyl (C=O) groups excluding carboxylic acids is 1. The van der Waals surface area contributed by atoms with Gasteiger partial charge in [0.1, 0.15) is 6.61 Å². The molecule has 0 unspecified atom stereocenters. The largest absolute Gasteiger partial charge is 0.493 e. The number of nitrogens with two attached hydrogens (primary N) is 1. The summed E-state index contributed by atoms with van der Waals surface area (Å²) in [5.41, 5.74) is 5.86. The van der Waals surface area contributed by atoms with Gasteiger partial charge in [-0.3, -0.25) is 4.79 Å². The molecule has 0 spiro atoms. The van der Waals surface area contributed by atoms with Crippen LogP contribution < -0.4 is 15.2 Å². The molecule has 0 aromatic heterocycles. The van der Waals surface area contributed by atoms with Crippen LogP contribution in [0.15, 0.2) is 24.3 Å². The van der Waals surface area contributed by atoms with E-state index in [2.05, 4.69) is 0 Å². The third kappa shape index (κ3) is 5.26. The molecule has 0 bridgehead atoms. The molecule has 0 aliphatic heterocycles. The van der Waals surface area contributed by atoms with Crippen molar-refractivity contribution in [3.63, 3.8) is 0 Å². The minimum Gasteiger partial charge on any atom is -0.493 e. The van der Waals surface area contributed by atoms with Crippen LogP contribution >= 0.6 is 12.4 Å². The summed E-state index contributed by atoms with van der Waals surface area (Å²) < 4.78 is 10.9. The first-order valence-corrected chi connectivity index (χ1v) is 7.97. The molecule has 136 valence electrons. The number of hydrogen-bond acceptors (Lipinski definition) is 5. The van der Waals surface area contributed by atoms with Crippen LogP contribution in [0.5, 0.6) is 11.5 Å². The minimum absolute atomic E-state index is 0. The lowest BCUT2D eigenvalue weighted by Gasteiger charge is -2.32. The third-order valence-electron chi connectivity index (χ3n) is 4.34. The molecule has 1 aliphatic carbocycles.